The molecule has 1 aromatic carbocycles. The molecule has 0 saturated heterocycles. The van der Waals surface area contributed by atoms with Crippen molar-refractivity contribution in [3.05, 3.63) is 23.3 Å². The zero-order valence-corrected chi connectivity index (χ0v) is 14.7. The molecule has 0 spiro atoms. The van der Waals surface area contributed by atoms with E-state index in [4.69, 9.17) is 5.73 Å². The summed E-state index contributed by atoms with van der Waals surface area (Å²) in [5.74, 6) is 1.17. The molecule has 0 amide bonds. The van der Waals surface area contributed by atoms with Gasteiger partial charge in [0.05, 0.1) is 5.69 Å². The summed E-state index contributed by atoms with van der Waals surface area (Å²) in [4.78, 5) is 0.188. The van der Waals surface area contributed by atoms with E-state index in [-0.39, 0.29) is 4.90 Å². The summed E-state index contributed by atoms with van der Waals surface area (Å²) >= 11 is 1.85. The molecule has 0 saturated carbocycles. The summed E-state index contributed by atoms with van der Waals surface area (Å²) in [6.07, 6.45) is 6.35. The lowest BCUT2D eigenvalue weighted by atomic mass is 10.1. The number of aryl methyl sites for hydroxylation is 2. The first kappa shape index (κ1) is 18.3. The van der Waals surface area contributed by atoms with Crippen LogP contribution in [0.3, 0.4) is 0 Å². The molecule has 0 aliphatic heterocycles. The topological polar surface area (TPSA) is 72.2 Å². The van der Waals surface area contributed by atoms with Crippen molar-refractivity contribution in [2.75, 3.05) is 24.3 Å². The Morgan fingerprint density at radius 1 is 1.10 bits per heavy atom. The lowest BCUT2D eigenvalue weighted by Gasteiger charge is -2.11. The quantitative estimate of drug-likeness (QED) is 0.539. The lowest BCUT2D eigenvalue weighted by molar-refractivity contribution is 0.574. The van der Waals surface area contributed by atoms with Gasteiger partial charge in [-0.05, 0) is 62.0 Å². The van der Waals surface area contributed by atoms with Crippen LogP contribution in [0.25, 0.3) is 0 Å². The van der Waals surface area contributed by atoms with Gasteiger partial charge in [0, 0.05) is 6.54 Å². The number of hydrogen-bond acceptors (Lipinski definition) is 4. The number of nitrogens with one attached hydrogen (secondary N) is 1. The summed E-state index contributed by atoms with van der Waals surface area (Å²) in [5, 5.41) is 0. The van der Waals surface area contributed by atoms with Crippen molar-refractivity contribution in [3.63, 3.8) is 0 Å². The second-order valence-electron chi connectivity index (χ2n) is 5.28. The van der Waals surface area contributed by atoms with Crippen molar-refractivity contribution in [1.29, 1.82) is 0 Å². The normalized spacial score (nSPS) is 11.8. The van der Waals surface area contributed by atoms with Crippen molar-refractivity contribution < 1.29 is 8.42 Å². The first-order valence-electron chi connectivity index (χ1n) is 7.24. The Kier molecular flexibility index (Phi) is 7.56. The largest absolute Gasteiger partial charge is 0.398 e. The zero-order valence-electron chi connectivity index (χ0n) is 13.1. The maximum atomic E-state index is 12.3. The number of nitrogens with two attached hydrogens (primary N) is 1. The molecular weight excluding hydrogens is 304 g/mol. The number of benzene rings is 1. The van der Waals surface area contributed by atoms with E-state index in [1.165, 1.54) is 12.2 Å². The Morgan fingerprint density at radius 2 is 1.71 bits per heavy atom. The van der Waals surface area contributed by atoms with Crippen LogP contribution in [0.15, 0.2) is 17.0 Å². The SMILES string of the molecule is CSCCCCCCNS(=O)(=O)c1cc(C)c(C)cc1N. The van der Waals surface area contributed by atoms with E-state index in [1.807, 2.05) is 25.6 Å². The summed E-state index contributed by atoms with van der Waals surface area (Å²) in [7, 11) is -3.51. The number of thioether (sulfide) groups is 1. The van der Waals surface area contributed by atoms with Crippen molar-refractivity contribution in [3.8, 4) is 0 Å². The van der Waals surface area contributed by atoms with Gasteiger partial charge in [0.2, 0.25) is 10.0 Å². The van der Waals surface area contributed by atoms with E-state index < -0.39 is 10.0 Å². The molecule has 120 valence electrons. The molecule has 0 fully saturated rings. The second-order valence-corrected chi connectivity index (χ2v) is 8.00. The third kappa shape index (κ3) is 5.88. The van der Waals surface area contributed by atoms with Crippen LogP contribution in [0.1, 0.15) is 36.8 Å². The van der Waals surface area contributed by atoms with Crippen LogP contribution in [0.2, 0.25) is 0 Å². The number of anilines is 1. The summed E-state index contributed by atoms with van der Waals surface area (Å²) in [6.45, 7) is 4.28. The Balaban J connectivity index is 2.53. The van der Waals surface area contributed by atoms with Crippen molar-refractivity contribution in [1.82, 2.24) is 4.72 Å². The molecule has 1 rings (SSSR count). The maximum absolute atomic E-state index is 12.3. The fourth-order valence-corrected chi connectivity index (χ4v) is 3.82. The lowest BCUT2D eigenvalue weighted by Crippen LogP contribution is -2.25. The number of sulfonamides is 1. The van der Waals surface area contributed by atoms with Gasteiger partial charge in [0.1, 0.15) is 4.90 Å². The standard InChI is InChI=1S/C15H26N2O2S2/c1-12-10-14(16)15(11-13(12)2)21(18,19)17-8-6-4-5-7-9-20-3/h10-11,17H,4-9,16H2,1-3H3. The van der Waals surface area contributed by atoms with Gasteiger partial charge >= 0.3 is 0 Å². The van der Waals surface area contributed by atoms with Crippen LogP contribution in [0, 0.1) is 13.8 Å². The van der Waals surface area contributed by atoms with Crippen molar-refractivity contribution in [2.24, 2.45) is 0 Å². The summed E-state index contributed by atoms with van der Waals surface area (Å²) in [6, 6.07) is 3.36. The van der Waals surface area contributed by atoms with E-state index in [0.717, 1.165) is 30.4 Å². The average Bonchev–Trinajstić information content (AvgIpc) is 2.41. The first-order chi connectivity index (χ1) is 9.88. The highest BCUT2D eigenvalue weighted by molar-refractivity contribution is 7.98. The second kappa shape index (κ2) is 8.66. The Hall–Kier alpha value is -0.720. The molecular formula is C15H26N2O2S2. The molecule has 1 aromatic rings. The molecule has 0 heterocycles. The molecule has 0 aromatic heterocycles. The fourth-order valence-electron chi connectivity index (χ4n) is 2.05. The van der Waals surface area contributed by atoms with Gasteiger partial charge in [-0.1, -0.05) is 12.8 Å². The predicted molar refractivity (Wildman–Crippen MR) is 92.4 cm³/mol. The number of unbranched alkanes of at least 4 members (excludes halogenated alkanes) is 3. The molecule has 0 atom stereocenters. The van der Waals surface area contributed by atoms with Crippen LogP contribution in [-0.4, -0.2) is 27.0 Å². The number of hydrogen-bond donors (Lipinski definition) is 2. The van der Waals surface area contributed by atoms with Gasteiger partial charge in [0.25, 0.3) is 0 Å². The number of nitrogen functional groups attached to an aromatic ring is 1. The van der Waals surface area contributed by atoms with E-state index >= 15 is 0 Å². The molecule has 6 heteroatoms. The van der Waals surface area contributed by atoms with Gasteiger partial charge < -0.3 is 5.73 Å². The number of rotatable bonds is 9. The van der Waals surface area contributed by atoms with Crippen molar-refractivity contribution >= 4 is 27.5 Å². The van der Waals surface area contributed by atoms with Gasteiger partial charge in [0.15, 0.2) is 0 Å². The Morgan fingerprint density at radius 3 is 2.38 bits per heavy atom. The van der Waals surface area contributed by atoms with E-state index in [9.17, 15) is 8.42 Å². The average molecular weight is 331 g/mol. The van der Waals surface area contributed by atoms with E-state index in [2.05, 4.69) is 11.0 Å². The minimum absolute atomic E-state index is 0.188. The molecule has 0 aliphatic rings. The molecule has 21 heavy (non-hydrogen) atoms. The smallest absolute Gasteiger partial charge is 0.242 e. The Bertz CT molecular complexity index is 557. The molecule has 3 N–H and O–H groups in total. The van der Waals surface area contributed by atoms with Gasteiger partial charge in [-0.15, -0.1) is 0 Å². The highest BCUT2D eigenvalue weighted by atomic mass is 32.2. The van der Waals surface area contributed by atoms with Crippen LogP contribution in [-0.2, 0) is 10.0 Å². The first-order valence-corrected chi connectivity index (χ1v) is 10.1. The third-order valence-electron chi connectivity index (χ3n) is 3.48. The summed E-state index contributed by atoms with van der Waals surface area (Å²) in [5.41, 5.74) is 8.08. The molecule has 0 radical (unpaired) electrons. The predicted octanol–water partition coefficient (Wildman–Crippen LogP) is 3.09. The molecule has 0 unspecified atom stereocenters. The van der Waals surface area contributed by atoms with Crippen molar-refractivity contribution in [2.45, 2.75) is 44.4 Å². The fraction of sp³-hybridized carbons (Fsp3) is 0.600. The minimum Gasteiger partial charge on any atom is -0.398 e. The Labute approximate surface area is 132 Å². The van der Waals surface area contributed by atoms with Crippen LogP contribution < -0.4 is 10.5 Å². The minimum atomic E-state index is -3.51. The molecule has 0 bridgehead atoms. The maximum Gasteiger partial charge on any atom is 0.242 e. The molecule has 4 nitrogen and oxygen atoms in total. The zero-order chi connectivity index (χ0) is 15.9. The molecule has 0 aliphatic carbocycles. The van der Waals surface area contributed by atoms with Crippen LogP contribution >= 0.6 is 11.8 Å². The highest BCUT2D eigenvalue weighted by Gasteiger charge is 2.17. The van der Waals surface area contributed by atoms with Crippen LogP contribution in [0.4, 0.5) is 5.69 Å². The monoisotopic (exact) mass is 330 g/mol. The van der Waals surface area contributed by atoms with E-state index in [0.29, 0.717) is 12.2 Å². The highest BCUT2D eigenvalue weighted by Crippen LogP contribution is 2.22. The van der Waals surface area contributed by atoms with Gasteiger partial charge in [-0.25, -0.2) is 13.1 Å². The van der Waals surface area contributed by atoms with Gasteiger partial charge in [-0.3, -0.25) is 0 Å². The van der Waals surface area contributed by atoms with E-state index in [1.54, 1.807) is 12.1 Å². The summed E-state index contributed by atoms with van der Waals surface area (Å²) < 4.78 is 27.2. The third-order valence-corrected chi connectivity index (χ3v) is 5.70. The van der Waals surface area contributed by atoms with Gasteiger partial charge in [-0.2, -0.15) is 11.8 Å². The van der Waals surface area contributed by atoms with Crippen LogP contribution in [0.5, 0.6) is 0 Å².